The summed E-state index contributed by atoms with van der Waals surface area (Å²) in [5.74, 6) is -0.623. The van der Waals surface area contributed by atoms with Crippen LogP contribution in [0.25, 0.3) is 0 Å². The monoisotopic (exact) mass is 384 g/mol. The number of amides is 2. The molecule has 1 aliphatic carbocycles. The van der Waals surface area contributed by atoms with Gasteiger partial charge in [-0.05, 0) is 49.5 Å². The van der Waals surface area contributed by atoms with Gasteiger partial charge in [0.1, 0.15) is 0 Å². The van der Waals surface area contributed by atoms with Gasteiger partial charge in [-0.25, -0.2) is 4.79 Å². The van der Waals surface area contributed by atoms with Crippen molar-refractivity contribution < 1.29 is 70.8 Å². The van der Waals surface area contributed by atoms with Crippen LogP contribution in [0, 0.1) is 5.92 Å². The fraction of sp³-hybridized carbons (Fsp3) is 0.579. The van der Waals surface area contributed by atoms with Gasteiger partial charge in [-0.15, -0.1) is 0 Å². The number of carbonyl (C=O) groups is 2. The number of ether oxygens (including phenoxy) is 1. The van der Waals surface area contributed by atoms with Crippen molar-refractivity contribution in [1.82, 2.24) is 10.6 Å². The summed E-state index contributed by atoms with van der Waals surface area (Å²) in [6, 6.07) is 8.90. The molecule has 3 rings (SSSR count). The molecule has 1 saturated carbocycles. The number of rotatable bonds is 6. The molecule has 6 nitrogen and oxygen atoms in total. The van der Waals surface area contributed by atoms with Gasteiger partial charge >= 0.3 is 57.4 Å². The molecule has 1 saturated heterocycles. The van der Waals surface area contributed by atoms with Crippen LogP contribution in [0.3, 0.4) is 0 Å². The fourth-order valence-electron chi connectivity index (χ4n) is 3.66. The first-order valence-corrected chi connectivity index (χ1v) is 9.02. The minimum absolute atomic E-state index is 0. The van der Waals surface area contributed by atoms with Crippen molar-refractivity contribution in [3.63, 3.8) is 0 Å². The van der Waals surface area contributed by atoms with Crippen molar-refractivity contribution in [2.75, 3.05) is 13.2 Å². The van der Waals surface area contributed by atoms with E-state index in [-0.39, 0.29) is 63.3 Å². The van der Waals surface area contributed by atoms with Gasteiger partial charge in [-0.3, -0.25) is 0 Å². The van der Waals surface area contributed by atoms with E-state index in [4.69, 9.17) is 4.74 Å². The Labute approximate surface area is 196 Å². The third-order valence-electron chi connectivity index (χ3n) is 5.16. The molecule has 2 unspecified atom stereocenters. The fourth-order valence-corrected chi connectivity index (χ4v) is 3.66. The third kappa shape index (κ3) is 6.32. The third-order valence-corrected chi connectivity index (χ3v) is 5.16. The molecule has 2 aliphatic rings. The molecule has 2 N–H and O–H groups in total. The van der Waals surface area contributed by atoms with Crippen molar-refractivity contribution in [3.8, 4) is 0 Å². The molecule has 2 atom stereocenters. The Kier molecular flexibility index (Phi) is 9.06. The molecular weight excluding hydrogens is 359 g/mol. The molecule has 0 aromatic heterocycles. The average molecular weight is 385 g/mol. The summed E-state index contributed by atoms with van der Waals surface area (Å²) in [6.07, 6.45) is 3.97. The number of aliphatic carboxylic acids is 1. The average Bonchev–Trinajstić information content (AvgIpc) is 2.59. The van der Waals surface area contributed by atoms with Gasteiger partial charge in [0.05, 0.1) is 12.0 Å². The second kappa shape index (κ2) is 10.8. The smallest absolute Gasteiger partial charge is 0.548 e. The summed E-state index contributed by atoms with van der Waals surface area (Å²) in [7, 11) is 0. The van der Waals surface area contributed by atoms with Crippen LogP contribution in [0.1, 0.15) is 43.6 Å². The number of carboxylic acid groups (broad SMARTS) is 1. The van der Waals surface area contributed by atoms with E-state index in [0.717, 1.165) is 32.3 Å². The molecule has 7 heteroatoms. The van der Waals surface area contributed by atoms with Crippen LogP contribution in [0.5, 0.6) is 0 Å². The van der Waals surface area contributed by atoms with E-state index in [9.17, 15) is 14.7 Å². The number of hydrogen-bond donors (Lipinski definition) is 2. The maximum Gasteiger partial charge on any atom is 1.00 e. The molecular formula is C19H25KN2O4. The van der Waals surface area contributed by atoms with E-state index in [2.05, 4.69) is 22.8 Å². The summed E-state index contributed by atoms with van der Waals surface area (Å²) in [4.78, 5) is 23.4. The van der Waals surface area contributed by atoms with Crippen LogP contribution in [-0.2, 0) is 9.53 Å². The van der Waals surface area contributed by atoms with E-state index in [1.807, 2.05) is 18.2 Å². The summed E-state index contributed by atoms with van der Waals surface area (Å²) in [6.45, 7) is 1.28. The minimum Gasteiger partial charge on any atom is -0.548 e. The van der Waals surface area contributed by atoms with Crippen molar-refractivity contribution in [2.24, 2.45) is 5.92 Å². The quantitative estimate of drug-likeness (QED) is 0.565. The molecule has 0 radical (unpaired) electrons. The Morgan fingerprint density at radius 3 is 2.58 bits per heavy atom. The Hall–Kier alpha value is -0.444. The Morgan fingerprint density at radius 2 is 1.96 bits per heavy atom. The van der Waals surface area contributed by atoms with Gasteiger partial charge in [0.2, 0.25) is 0 Å². The molecule has 1 aliphatic heterocycles. The number of nitrogens with one attached hydrogen (secondary N) is 2. The van der Waals surface area contributed by atoms with Crippen LogP contribution in [0.4, 0.5) is 4.79 Å². The molecule has 1 aromatic carbocycles. The van der Waals surface area contributed by atoms with E-state index >= 15 is 0 Å². The standard InChI is InChI=1S/C19H26N2O4.K/c22-18(23)17(9-13-5-4-8-25-12-13)21-19(24)20-16-10-15(11-16)14-6-2-1-3-7-14;/h1-3,6-7,13,15-17H,4-5,8-12H2,(H,22,23)(H2,20,21,24);/q;+1/p-1. The maximum atomic E-state index is 12.1. The molecule has 0 bridgehead atoms. The van der Waals surface area contributed by atoms with Gasteiger partial charge in [0.15, 0.2) is 0 Å². The number of carbonyl (C=O) groups excluding carboxylic acids is 2. The Bertz CT molecular complexity index is 586. The zero-order valence-corrected chi connectivity index (χ0v) is 18.4. The maximum absolute atomic E-state index is 12.1. The SMILES string of the molecule is O=C(NC1CC(c2ccccc2)C1)NC(CC1CCCOC1)C(=O)[O-].[K+]. The molecule has 2 amide bonds. The van der Waals surface area contributed by atoms with Crippen molar-refractivity contribution in [1.29, 1.82) is 0 Å². The number of carboxylic acids is 1. The van der Waals surface area contributed by atoms with Gasteiger partial charge in [0, 0.05) is 19.3 Å². The molecule has 26 heavy (non-hydrogen) atoms. The van der Waals surface area contributed by atoms with Gasteiger partial charge < -0.3 is 25.3 Å². The van der Waals surface area contributed by atoms with Crippen molar-refractivity contribution >= 4 is 12.0 Å². The van der Waals surface area contributed by atoms with Crippen molar-refractivity contribution in [3.05, 3.63) is 35.9 Å². The molecule has 2 fully saturated rings. The zero-order chi connectivity index (χ0) is 17.6. The summed E-state index contributed by atoms with van der Waals surface area (Å²) in [5.41, 5.74) is 1.28. The second-order valence-electron chi connectivity index (χ2n) is 7.08. The van der Waals surface area contributed by atoms with E-state index in [0.29, 0.717) is 18.9 Å². The van der Waals surface area contributed by atoms with Crippen LogP contribution in [0.2, 0.25) is 0 Å². The summed E-state index contributed by atoms with van der Waals surface area (Å²) >= 11 is 0. The van der Waals surface area contributed by atoms with Gasteiger partial charge in [-0.1, -0.05) is 30.3 Å². The molecule has 1 heterocycles. The number of hydrogen-bond acceptors (Lipinski definition) is 4. The van der Waals surface area contributed by atoms with E-state index in [1.165, 1.54) is 5.56 Å². The van der Waals surface area contributed by atoms with E-state index in [1.54, 1.807) is 0 Å². The second-order valence-corrected chi connectivity index (χ2v) is 7.08. The van der Waals surface area contributed by atoms with Gasteiger partial charge in [-0.2, -0.15) is 0 Å². The first kappa shape index (κ1) is 21.9. The zero-order valence-electron chi connectivity index (χ0n) is 15.3. The van der Waals surface area contributed by atoms with Crippen LogP contribution < -0.4 is 67.1 Å². The van der Waals surface area contributed by atoms with E-state index < -0.39 is 18.0 Å². The molecule has 1 aromatic rings. The normalized spacial score (nSPS) is 25.9. The van der Waals surface area contributed by atoms with Crippen molar-refractivity contribution in [2.45, 2.75) is 50.1 Å². The molecule has 0 spiro atoms. The Morgan fingerprint density at radius 1 is 1.23 bits per heavy atom. The first-order chi connectivity index (χ1) is 12.1. The molecule has 136 valence electrons. The van der Waals surface area contributed by atoms with Gasteiger partial charge in [0.25, 0.3) is 0 Å². The first-order valence-electron chi connectivity index (χ1n) is 9.02. The number of benzene rings is 1. The topological polar surface area (TPSA) is 90.5 Å². The predicted octanol–water partition coefficient (Wildman–Crippen LogP) is -1.83. The van der Waals surface area contributed by atoms with Crippen LogP contribution >= 0.6 is 0 Å². The summed E-state index contributed by atoms with van der Waals surface area (Å²) < 4.78 is 5.37. The largest absolute Gasteiger partial charge is 1.00 e. The van der Waals surface area contributed by atoms with Crippen LogP contribution in [-0.4, -0.2) is 37.3 Å². The van der Waals surface area contributed by atoms with Crippen LogP contribution in [0.15, 0.2) is 30.3 Å². The minimum atomic E-state index is -1.24. The summed E-state index contributed by atoms with van der Waals surface area (Å²) in [5, 5.41) is 16.7. The number of urea groups is 1. The predicted molar refractivity (Wildman–Crippen MR) is 90.8 cm³/mol. The Balaban J connectivity index is 0.00000243.